The van der Waals surface area contributed by atoms with Gasteiger partial charge in [-0.05, 0) is 19.1 Å². The fraction of sp³-hybridized carbons (Fsp3) is 0.357. The highest BCUT2D eigenvalue weighted by Gasteiger charge is 2.30. The van der Waals surface area contributed by atoms with Crippen LogP contribution in [0.25, 0.3) is 0 Å². The number of methoxy groups -OCH3 is 1. The van der Waals surface area contributed by atoms with Gasteiger partial charge in [-0.1, -0.05) is 0 Å². The Labute approximate surface area is 139 Å². The molecule has 1 atom stereocenters. The third kappa shape index (κ3) is 3.48. The summed E-state index contributed by atoms with van der Waals surface area (Å²) in [6.07, 6.45) is 1.14. The summed E-state index contributed by atoms with van der Waals surface area (Å²) in [6.45, 7) is 1.59. The van der Waals surface area contributed by atoms with Gasteiger partial charge in [0, 0.05) is 14.1 Å². The normalized spacial score (nSPS) is 17.0. The Morgan fingerprint density at radius 3 is 2.62 bits per heavy atom. The summed E-state index contributed by atoms with van der Waals surface area (Å²) in [6, 6.07) is 1.89. The average Bonchev–Trinajstić information content (AvgIpc) is 2.52. The maximum Gasteiger partial charge on any atom is 0.337 e. The van der Waals surface area contributed by atoms with E-state index >= 15 is 0 Å². The summed E-state index contributed by atoms with van der Waals surface area (Å²) in [4.78, 5) is 24.8. The predicted octanol–water partition coefficient (Wildman–Crippen LogP) is 0.504. The fourth-order valence-electron chi connectivity index (χ4n) is 2.04. The largest absolute Gasteiger partial charge is 0.465 e. The molecule has 1 aliphatic rings. The molecule has 0 unspecified atom stereocenters. The first-order valence-electron chi connectivity index (χ1n) is 6.96. The molecule has 1 heterocycles. The van der Waals surface area contributed by atoms with Crippen LogP contribution in [0.2, 0.25) is 0 Å². The molecule has 0 aromatic heterocycles. The molecule has 130 valence electrons. The number of anilines is 2. The number of fused-ring (bicyclic) bond motifs is 1. The molecule has 0 radical (unpaired) electrons. The summed E-state index contributed by atoms with van der Waals surface area (Å²) in [5, 5.41) is 5.40. The summed E-state index contributed by atoms with van der Waals surface area (Å²) in [5.41, 5.74) is 0.358. The quantitative estimate of drug-likeness (QED) is 0.459. The highest BCUT2D eigenvalue weighted by molar-refractivity contribution is 7.90. The lowest BCUT2D eigenvalue weighted by molar-refractivity contribution is -0.116. The number of rotatable bonds is 4. The van der Waals surface area contributed by atoms with Crippen molar-refractivity contribution < 1.29 is 22.7 Å². The molecule has 1 aromatic carbocycles. The number of carbonyl (C=O) groups is 2. The zero-order valence-corrected chi connectivity index (χ0v) is 14.5. The van der Waals surface area contributed by atoms with E-state index in [1.54, 1.807) is 21.0 Å². The van der Waals surface area contributed by atoms with Crippen LogP contribution in [0.4, 0.5) is 11.4 Å². The number of amides is 1. The Hall–Kier alpha value is -2.62. The molecular formula is C14H18N4O5S. The monoisotopic (exact) mass is 354 g/mol. The van der Waals surface area contributed by atoms with E-state index in [9.17, 15) is 18.0 Å². The van der Waals surface area contributed by atoms with Crippen LogP contribution in [0, 0.1) is 0 Å². The van der Waals surface area contributed by atoms with Gasteiger partial charge >= 0.3 is 5.97 Å². The second-order valence-corrected chi connectivity index (χ2v) is 7.00. The van der Waals surface area contributed by atoms with Crippen LogP contribution >= 0.6 is 0 Å². The highest BCUT2D eigenvalue weighted by atomic mass is 32.2. The smallest absolute Gasteiger partial charge is 0.337 e. The van der Waals surface area contributed by atoms with Gasteiger partial charge in [-0.2, -0.15) is 8.42 Å². The number of benzene rings is 1. The first-order valence-corrected chi connectivity index (χ1v) is 8.40. The molecule has 1 aromatic rings. The zero-order chi connectivity index (χ0) is 18.1. The molecule has 10 heteroatoms. The SMILES string of the molecule is COC(=O)c1cc2c(c(S(=O)(=O)N=CN(C)C)c1)N[C@H](C)C(=O)N2. The van der Waals surface area contributed by atoms with E-state index in [0.717, 1.165) is 6.34 Å². The number of hydrogen-bond donors (Lipinski definition) is 2. The van der Waals surface area contributed by atoms with Crippen molar-refractivity contribution in [1.82, 2.24) is 4.90 Å². The highest BCUT2D eigenvalue weighted by Crippen LogP contribution is 2.36. The minimum Gasteiger partial charge on any atom is -0.465 e. The lowest BCUT2D eigenvalue weighted by atomic mass is 10.1. The van der Waals surface area contributed by atoms with E-state index in [-0.39, 0.29) is 27.7 Å². The van der Waals surface area contributed by atoms with E-state index in [2.05, 4.69) is 19.8 Å². The van der Waals surface area contributed by atoms with Crippen molar-refractivity contribution >= 4 is 39.6 Å². The van der Waals surface area contributed by atoms with Gasteiger partial charge in [0.25, 0.3) is 10.0 Å². The molecule has 2 rings (SSSR count). The molecular weight excluding hydrogens is 336 g/mol. The van der Waals surface area contributed by atoms with Gasteiger partial charge < -0.3 is 20.3 Å². The maximum absolute atomic E-state index is 12.5. The number of nitrogens with one attached hydrogen (secondary N) is 2. The molecule has 0 spiro atoms. The first kappa shape index (κ1) is 17.7. The van der Waals surface area contributed by atoms with Crippen molar-refractivity contribution in [3.05, 3.63) is 17.7 Å². The molecule has 0 saturated heterocycles. The minimum absolute atomic E-state index is 0.00784. The van der Waals surface area contributed by atoms with Crippen LogP contribution in [0.1, 0.15) is 17.3 Å². The molecule has 9 nitrogen and oxygen atoms in total. The van der Waals surface area contributed by atoms with Crippen molar-refractivity contribution in [2.75, 3.05) is 31.8 Å². The van der Waals surface area contributed by atoms with E-state index in [1.165, 1.54) is 24.1 Å². The Morgan fingerprint density at radius 1 is 1.38 bits per heavy atom. The molecule has 24 heavy (non-hydrogen) atoms. The summed E-state index contributed by atoms with van der Waals surface area (Å²) < 4.78 is 33.3. The van der Waals surface area contributed by atoms with Gasteiger partial charge in [-0.15, -0.1) is 4.40 Å². The lowest BCUT2D eigenvalue weighted by Gasteiger charge is -2.26. The second kappa shape index (κ2) is 6.48. The maximum atomic E-state index is 12.5. The van der Waals surface area contributed by atoms with Gasteiger partial charge in [-0.25, -0.2) is 4.79 Å². The van der Waals surface area contributed by atoms with E-state index in [0.29, 0.717) is 0 Å². The average molecular weight is 354 g/mol. The van der Waals surface area contributed by atoms with Crippen LogP contribution in [0.3, 0.4) is 0 Å². The summed E-state index contributed by atoms with van der Waals surface area (Å²) in [5.74, 6) is -1.07. The standard InChI is InChI=1S/C14H18N4O5S/c1-8-13(19)17-10-5-9(14(20)23-4)6-11(12(10)16-8)24(21,22)15-7-18(2)3/h5-8,16H,1-4H3,(H,17,19)/t8-/m1/s1. The summed E-state index contributed by atoms with van der Waals surface area (Å²) >= 11 is 0. The van der Waals surface area contributed by atoms with Crippen molar-refractivity contribution in [1.29, 1.82) is 0 Å². The minimum atomic E-state index is -4.10. The van der Waals surface area contributed by atoms with Gasteiger partial charge in [0.15, 0.2) is 0 Å². The van der Waals surface area contributed by atoms with Crippen molar-refractivity contribution in [3.8, 4) is 0 Å². The Kier molecular flexibility index (Phi) is 4.78. The lowest BCUT2D eigenvalue weighted by Crippen LogP contribution is -2.37. The summed E-state index contributed by atoms with van der Waals surface area (Å²) in [7, 11) is 0.334. The van der Waals surface area contributed by atoms with E-state index in [1.807, 2.05) is 0 Å². The number of ether oxygens (including phenoxy) is 1. The predicted molar refractivity (Wildman–Crippen MR) is 88.9 cm³/mol. The number of hydrogen-bond acceptors (Lipinski definition) is 6. The zero-order valence-electron chi connectivity index (χ0n) is 13.7. The van der Waals surface area contributed by atoms with Crippen LogP contribution in [-0.4, -0.2) is 58.8 Å². The van der Waals surface area contributed by atoms with Crippen molar-refractivity contribution in [3.63, 3.8) is 0 Å². The molecule has 1 aliphatic heterocycles. The number of sulfonamides is 1. The molecule has 0 aliphatic carbocycles. The molecule has 1 amide bonds. The van der Waals surface area contributed by atoms with Gasteiger partial charge in [0.1, 0.15) is 17.3 Å². The first-order chi connectivity index (χ1) is 11.2. The van der Waals surface area contributed by atoms with Crippen molar-refractivity contribution in [2.24, 2.45) is 4.40 Å². The van der Waals surface area contributed by atoms with E-state index in [4.69, 9.17) is 0 Å². The van der Waals surface area contributed by atoms with Gasteiger partial charge in [0.05, 0.1) is 24.0 Å². The molecule has 0 saturated carbocycles. The van der Waals surface area contributed by atoms with Crippen LogP contribution in [-0.2, 0) is 19.6 Å². The Bertz CT molecular complexity index is 817. The van der Waals surface area contributed by atoms with Gasteiger partial charge in [0.2, 0.25) is 5.91 Å². The molecule has 0 fully saturated rings. The Morgan fingerprint density at radius 2 is 2.04 bits per heavy atom. The van der Waals surface area contributed by atoms with Gasteiger partial charge in [-0.3, -0.25) is 4.79 Å². The molecule has 2 N–H and O–H groups in total. The number of esters is 1. The second-order valence-electron chi connectivity index (χ2n) is 5.40. The molecule has 0 bridgehead atoms. The fourth-order valence-corrected chi connectivity index (χ4v) is 3.17. The van der Waals surface area contributed by atoms with Crippen LogP contribution < -0.4 is 10.6 Å². The third-order valence-electron chi connectivity index (χ3n) is 3.23. The number of nitrogens with zero attached hydrogens (tertiary/aromatic N) is 2. The topological polar surface area (TPSA) is 117 Å². The number of carbonyl (C=O) groups excluding carboxylic acids is 2. The van der Waals surface area contributed by atoms with Crippen LogP contribution in [0.15, 0.2) is 21.4 Å². The van der Waals surface area contributed by atoms with Crippen LogP contribution in [0.5, 0.6) is 0 Å². The Balaban J connectivity index is 2.67. The third-order valence-corrected chi connectivity index (χ3v) is 4.48. The van der Waals surface area contributed by atoms with E-state index < -0.39 is 22.0 Å². The van der Waals surface area contributed by atoms with Crippen molar-refractivity contribution in [2.45, 2.75) is 17.9 Å².